The Morgan fingerprint density at radius 1 is 1.54 bits per heavy atom. The summed E-state index contributed by atoms with van der Waals surface area (Å²) in [6, 6.07) is 6.19. The molecule has 68 valence electrons. The fourth-order valence-electron chi connectivity index (χ4n) is 1.02. The van der Waals surface area contributed by atoms with Crippen LogP contribution in [0.15, 0.2) is 22.7 Å². The molecule has 0 amide bonds. The fraction of sp³-hybridized carbons (Fsp3) is 0.273. The summed E-state index contributed by atoms with van der Waals surface area (Å²) in [4.78, 5) is 0. The van der Waals surface area contributed by atoms with Crippen molar-refractivity contribution in [2.24, 2.45) is 0 Å². The molecule has 0 spiro atoms. The molecule has 1 atom stereocenters. The minimum atomic E-state index is 0.0538. The van der Waals surface area contributed by atoms with E-state index in [4.69, 9.17) is 6.42 Å². The van der Waals surface area contributed by atoms with Gasteiger partial charge in [0.05, 0.1) is 6.04 Å². The fourth-order valence-corrected chi connectivity index (χ4v) is 1.39. The maximum atomic E-state index is 5.28. The quantitative estimate of drug-likeness (QED) is 0.780. The number of hydrogen-bond acceptors (Lipinski definition) is 1. The van der Waals surface area contributed by atoms with Gasteiger partial charge in [0.25, 0.3) is 0 Å². The molecule has 1 nitrogen and oxygen atoms in total. The summed E-state index contributed by atoms with van der Waals surface area (Å²) in [5.41, 5.74) is 2.26. The lowest BCUT2D eigenvalue weighted by molar-refractivity contribution is 1.03. The van der Waals surface area contributed by atoms with Gasteiger partial charge in [0.2, 0.25) is 0 Å². The van der Waals surface area contributed by atoms with Crippen molar-refractivity contribution in [2.75, 3.05) is 5.32 Å². The Labute approximate surface area is 87.7 Å². The minimum Gasteiger partial charge on any atom is -0.371 e. The molecule has 0 aromatic heterocycles. The molecule has 2 heteroatoms. The Kier molecular flexibility index (Phi) is 3.39. The molecular weight excluding hydrogens is 226 g/mol. The van der Waals surface area contributed by atoms with E-state index in [1.807, 2.05) is 13.0 Å². The van der Waals surface area contributed by atoms with Crippen molar-refractivity contribution in [1.82, 2.24) is 0 Å². The lowest BCUT2D eigenvalue weighted by Crippen LogP contribution is -2.12. The van der Waals surface area contributed by atoms with Crippen molar-refractivity contribution >= 4 is 21.6 Å². The van der Waals surface area contributed by atoms with E-state index in [1.54, 1.807) is 0 Å². The molecule has 0 radical (unpaired) electrons. The summed E-state index contributed by atoms with van der Waals surface area (Å²) < 4.78 is 1.04. The van der Waals surface area contributed by atoms with E-state index in [1.165, 1.54) is 5.56 Å². The molecule has 1 N–H and O–H groups in total. The number of hydrogen-bond donors (Lipinski definition) is 1. The van der Waals surface area contributed by atoms with Crippen LogP contribution in [0.2, 0.25) is 0 Å². The Bertz CT molecular complexity index is 338. The number of terminal acetylenes is 1. The van der Waals surface area contributed by atoms with Crippen molar-refractivity contribution in [3.63, 3.8) is 0 Å². The first-order valence-corrected chi connectivity index (χ1v) is 4.91. The first-order chi connectivity index (χ1) is 6.13. The van der Waals surface area contributed by atoms with Crippen LogP contribution in [0.25, 0.3) is 0 Å². The Hall–Kier alpha value is -0.940. The topological polar surface area (TPSA) is 12.0 Å². The van der Waals surface area contributed by atoms with Gasteiger partial charge in [0, 0.05) is 10.2 Å². The number of nitrogens with one attached hydrogen (secondary N) is 1. The third kappa shape index (κ3) is 2.78. The van der Waals surface area contributed by atoms with Crippen LogP contribution < -0.4 is 5.32 Å². The van der Waals surface area contributed by atoms with Crippen LogP contribution in [-0.4, -0.2) is 6.04 Å². The highest BCUT2D eigenvalue weighted by Crippen LogP contribution is 2.23. The molecule has 0 bridgehead atoms. The normalized spacial score (nSPS) is 11.8. The molecule has 0 saturated heterocycles. The van der Waals surface area contributed by atoms with E-state index in [2.05, 4.69) is 46.2 Å². The van der Waals surface area contributed by atoms with Gasteiger partial charge in [-0.05, 0) is 47.5 Å². The first-order valence-electron chi connectivity index (χ1n) is 4.12. The third-order valence-electron chi connectivity index (χ3n) is 1.74. The number of halogens is 1. The highest BCUT2D eigenvalue weighted by atomic mass is 79.9. The Morgan fingerprint density at radius 3 is 2.85 bits per heavy atom. The zero-order chi connectivity index (χ0) is 9.84. The van der Waals surface area contributed by atoms with Gasteiger partial charge in [-0.3, -0.25) is 0 Å². The molecule has 0 heterocycles. The van der Waals surface area contributed by atoms with Gasteiger partial charge in [-0.15, -0.1) is 6.42 Å². The average Bonchev–Trinajstić information content (AvgIpc) is 2.11. The molecule has 0 aliphatic rings. The van der Waals surface area contributed by atoms with Gasteiger partial charge >= 0.3 is 0 Å². The van der Waals surface area contributed by atoms with Gasteiger partial charge in [-0.1, -0.05) is 12.0 Å². The van der Waals surface area contributed by atoms with Crippen LogP contribution in [0, 0.1) is 19.3 Å². The van der Waals surface area contributed by atoms with Crippen LogP contribution in [0.4, 0.5) is 5.69 Å². The van der Waals surface area contributed by atoms with Gasteiger partial charge in [-0.25, -0.2) is 0 Å². The third-order valence-corrected chi connectivity index (χ3v) is 2.44. The molecule has 0 fully saturated rings. The van der Waals surface area contributed by atoms with E-state index in [9.17, 15) is 0 Å². The number of aryl methyl sites for hydroxylation is 1. The lowest BCUT2D eigenvalue weighted by atomic mass is 10.2. The summed E-state index contributed by atoms with van der Waals surface area (Å²) in [5, 5.41) is 3.22. The predicted molar refractivity (Wildman–Crippen MR) is 60.8 cm³/mol. The summed E-state index contributed by atoms with van der Waals surface area (Å²) in [5.74, 6) is 2.63. The molecule has 1 aromatic carbocycles. The lowest BCUT2D eigenvalue weighted by Gasteiger charge is -2.11. The molecule has 0 aliphatic carbocycles. The maximum absolute atomic E-state index is 5.28. The van der Waals surface area contributed by atoms with Crippen LogP contribution in [0.3, 0.4) is 0 Å². The molecule has 1 unspecified atom stereocenters. The van der Waals surface area contributed by atoms with Crippen molar-refractivity contribution in [2.45, 2.75) is 19.9 Å². The van der Waals surface area contributed by atoms with Gasteiger partial charge < -0.3 is 5.32 Å². The Morgan fingerprint density at radius 2 is 2.23 bits per heavy atom. The van der Waals surface area contributed by atoms with Gasteiger partial charge in [0.1, 0.15) is 0 Å². The van der Waals surface area contributed by atoms with Crippen LogP contribution >= 0.6 is 15.9 Å². The second kappa shape index (κ2) is 4.34. The smallest absolute Gasteiger partial charge is 0.0846 e. The molecular formula is C11H12BrN. The first kappa shape index (κ1) is 10.1. The number of anilines is 1. The van der Waals surface area contributed by atoms with E-state index in [-0.39, 0.29) is 6.04 Å². The van der Waals surface area contributed by atoms with Crippen LogP contribution in [0.1, 0.15) is 12.5 Å². The number of benzene rings is 1. The zero-order valence-corrected chi connectivity index (χ0v) is 9.35. The Balaban J connectivity index is 2.88. The predicted octanol–water partition coefficient (Wildman–Crippen LogP) is 3.19. The molecule has 1 rings (SSSR count). The minimum absolute atomic E-state index is 0.0538. The van der Waals surface area contributed by atoms with E-state index in [0.717, 1.165) is 10.2 Å². The van der Waals surface area contributed by atoms with Gasteiger partial charge in [-0.2, -0.15) is 0 Å². The van der Waals surface area contributed by atoms with Crippen molar-refractivity contribution in [3.05, 3.63) is 28.2 Å². The SMILES string of the molecule is C#CC(C)Nc1cc(C)ccc1Br. The van der Waals surface area contributed by atoms with E-state index < -0.39 is 0 Å². The molecule has 13 heavy (non-hydrogen) atoms. The number of rotatable bonds is 2. The summed E-state index contributed by atoms with van der Waals surface area (Å²) in [6.45, 7) is 4.01. The largest absolute Gasteiger partial charge is 0.371 e. The molecule has 0 aliphatic heterocycles. The van der Waals surface area contributed by atoms with Crippen molar-refractivity contribution in [1.29, 1.82) is 0 Å². The van der Waals surface area contributed by atoms with E-state index >= 15 is 0 Å². The zero-order valence-electron chi connectivity index (χ0n) is 7.76. The van der Waals surface area contributed by atoms with Crippen LogP contribution in [-0.2, 0) is 0 Å². The van der Waals surface area contributed by atoms with Crippen LogP contribution in [0.5, 0.6) is 0 Å². The van der Waals surface area contributed by atoms with Gasteiger partial charge in [0.15, 0.2) is 0 Å². The highest BCUT2D eigenvalue weighted by Gasteiger charge is 2.01. The standard InChI is InChI=1S/C11H12BrN/c1-4-9(3)13-11-7-8(2)5-6-10(11)12/h1,5-7,9,13H,2-3H3. The second-order valence-electron chi connectivity index (χ2n) is 3.02. The maximum Gasteiger partial charge on any atom is 0.0846 e. The molecule has 0 saturated carbocycles. The molecule has 1 aromatic rings. The second-order valence-corrected chi connectivity index (χ2v) is 3.87. The highest BCUT2D eigenvalue weighted by molar-refractivity contribution is 9.10. The summed E-state index contributed by atoms with van der Waals surface area (Å²) in [7, 11) is 0. The van der Waals surface area contributed by atoms with Crippen molar-refractivity contribution in [3.8, 4) is 12.3 Å². The monoisotopic (exact) mass is 237 g/mol. The summed E-state index contributed by atoms with van der Waals surface area (Å²) >= 11 is 3.46. The van der Waals surface area contributed by atoms with E-state index in [0.29, 0.717) is 0 Å². The van der Waals surface area contributed by atoms with Crippen molar-refractivity contribution < 1.29 is 0 Å². The summed E-state index contributed by atoms with van der Waals surface area (Å²) in [6.07, 6.45) is 5.28. The average molecular weight is 238 g/mol.